The Bertz CT molecular complexity index is 735. The fourth-order valence-corrected chi connectivity index (χ4v) is 3.60. The standard InChI is InChI=1S/C12H11Br2N3O2S/c13-9-3-1-2-8(4-9)6-17-20(18,19)11-5-10(14)7-16-12(11)15/h1-5,7,17H,6H2,(H2,15,16). The minimum atomic E-state index is -3.71. The Kier molecular flexibility index (Phi) is 4.79. The molecular weight excluding hydrogens is 410 g/mol. The van der Waals surface area contributed by atoms with E-state index in [1.807, 2.05) is 24.3 Å². The first-order valence-electron chi connectivity index (χ1n) is 5.53. The van der Waals surface area contributed by atoms with Gasteiger partial charge in [-0.2, -0.15) is 0 Å². The largest absolute Gasteiger partial charge is 0.383 e. The average molecular weight is 421 g/mol. The van der Waals surface area contributed by atoms with Gasteiger partial charge in [-0.25, -0.2) is 18.1 Å². The van der Waals surface area contributed by atoms with Crippen molar-refractivity contribution in [2.75, 3.05) is 5.73 Å². The molecule has 0 aliphatic heterocycles. The van der Waals surface area contributed by atoms with Crippen LogP contribution in [0.2, 0.25) is 0 Å². The van der Waals surface area contributed by atoms with E-state index in [1.165, 1.54) is 12.3 Å². The molecule has 0 fully saturated rings. The van der Waals surface area contributed by atoms with Crippen LogP contribution in [-0.2, 0) is 16.6 Å². The smallest absolute Gasteiger partial charge is 0.244 e. The first-order chi connectivity index (χ1) is 9.38. The zero-order valence-corrected chi connectivity index (χ0v) is 14.2. The minimum absolute atomic E-state index is 0.0325. The molecule has 0 unspecified atom stereocenters. The molecule has 0 saturated carbocycles. The minimum Gasteiger partial charge on any atom is -0.383 e. The number of aromatic nitrogens is 1. The number of benzene rings is 1. The van der Waals surface area contributed by atoms with Crippen LogP contribution in [0.1, 0.15) is 5.56 Å². The third-order valence-corrected chi connectivity index (χ3v) is 4.85. The van der Waals surface area contributed by atoms with E-state index in [-0.39, 0.29) is 17.3 Å². The van der Waals surface area contributed by atoms with Gasteiger partial charge in [-0.05, 0) is 39.7 Å². The summed E-state index contributed by atoms with van der Waals surface area (Å²) in [6.07, 6.45) is 1.45. The summed E-state index contributed by atoms with van der Waals surface area (Å²) in [6.45, 7) is 0.174. The van der Waals surface area contributed by atoms with Crippen molar-refractivity contribution in [3.8, 4) is 0 Å². The van der Waals surface area contributed by atoms with E-state index in [9.17, 15) is 8.42 Å². The molecule has 0 amide bonds. The number of hydrogen-bond acceptors (Lipinski definition) is 4. The Morgan fingerprint density at radius 1 is 1.20 bits per heavy atom. The highest BCUT2D eigenvalue weighted by molar-refractivity contribution is 9.10. The lowest BCUT2D eigenvalue weighted by Crippen LogP contribution is -2.24. The van der Waals surface area contributed by atoms with Gasteiger partial charge in [-0.3, -0.25) is 0 Å². The number of hydrogen-bond donors (Lipinski definition) is 2. The number of pyridine rings is 1. The van der Waals surface area contributed by atoms with Crippen LogP contribution in [0, 0.1) is 0 Å². The molecule has 1 aromatic heterocycles. The second-order valence-corrected chi connectivity index (χ2v) is 7.56. The summed E-state index contributed by atoms with van der Waals surface area (Å²) >= 11 is 6.51. The monoisotopic (exact) mass is 419 g/mol. The van der Waals surface area contributed by atoms with E-state index in [4.69, 9.17) is 5.73 Å². The van der Waals surface area contributed by atoms with Crippen molar-refractivity contribution in [1.82, 2.24) is 9.71 Å². The maximum Gasteiger partial charge on any atom is 0.244 e. The molecule has 5 nitrogen and oxygen atoms in total. The van der Waals surface area contributed by atoms with Crippen LogP contribution in [0.3, 0.4) is 0 Å². The number of nitrogens with one attached hydrogen (secondary N) is 1. The van der Waals surface area contributed by atoms with Crippen molar-refractivity contribution >= 4 is 47.7 Å². The molecular formula is C12H11Br2N3O2S. The van der Waals surface area contributed by atoms with Gasteiger partial charge in [0.15, 0.2) is 0 Å². The lowest BCUT2D eigenvalue weighted by atomic mass is 10.2. The summed E-state index contributed by atoms with van der Waals surface area (Å²) in [7, 11) is -3.71. The van der Waals surface area contributed by atoms with Gasteiger partial charge in [0, 0.05) is 21.7 Å². The summed E-state index contributed by atoms with van der Waals surface area (Å²) in [6, 6.07) is 8.80. The zero-order valence-electron chi connectivity index (χ0n) is 10.2. The quantitative estimate of drug-likeness (QED) is 0.796. The van der Waals surface area contributed by atoms with E-state index in [0.29, 0.717) is 4.47 Å². The molecule has 0 radical (unpaired) electrons. The van der Waals surface area contributed by atoms with E-state index in [2.05, 4.69) is 41.6 Å². The van der Waals surface area contributed by atoms with Crippen LogP contribution in [0.25, 0.3) is 0 Å². The van der Waals surface area contributed by atoms with Gasteiger partial charge in [0.2, 0.25) is 10.0 Å². The molecule has 0 saturated heterocycles. The van der Waals surface area contributed by atoms with Crippen LogP contribution in [-0.4, -0.2) is 13.4 Å². The van der Waals surface area contributed by atoms with Crippen LogP contribution >= 0.6 is 31.9 Å². The molecule has 1 aromatic carbocycles. The Labute approximate surface area is 133 Å². The van der Waals surface area contributed by atoms with Gasteiger partial charge < -0.3 is 5.73 Å². The lowest BCUT2D eigenvalue weighted by Gasteiger charge is -2.09. The van der Waals surface area contributed by atoms with Gasteiger partial charge in [0.05, 0.1) is 0 Å². The zero-order chi connectivity index (χ0) is 14.8. The molecule has 0 spiro atoms. The van der Waals surface area contributed by atoms with Gasteiger partial charge >= 0.3 is 0 Å². The second-order valence-electron chi connectivity index (χ2n) is 3.99. The summed E-state index contributed by atoms with van der Waals surface area (Å²) < 4.78 is 28.3. The Morgan fingerprint density at radius 2 is 1.95 bits per heavy atom. The molecule has 20 heavy (non-hydrogen) atoms. The highest BCUT2D eigenvalue weighted by Gasteiger charge is 2.18. The molecule has 8 heteroatoms. The predicted molar refractivity (Wildman–Crippen MR) is 84.5 cm³/mol. The topological polar surface area (TPSA) is 85.1 Å². The molecule has 2 rings (SSSR count). The van der Waals surface area contributed by atoms with Crippen molar-refractivity contribution in [2.24, 2.45) is 0 Å². The van der Waals surface area contributed by atoms with Crippen LogP contribution in [0.5, 0.6) is 0 Å². The third-order valence-electron chi connectivity index (χ3n) is 2.49. The number of nitrogens with two attached hydrogens (primary N) is 1. The molecule has 2 aromatic rings. The molecule has 0 aliphatic carbocycles. The summed E-state index contributed by atoms with van der Waals surface area (Å²) in [5.41, 5.74) is 6.45. The summed E-state index contributed by atoms with van der Waals surface area (Å²) in [5, 5.41) is 0. The molecule has 106 valence electrons. The number of rotatable bonds is 4. The second kappa shape index (κ2) is 6.21. The molecule has 0 aliphatic rings. The van der Waals surface area contributed by atoms with Gasteiger partial charge in [-0.1, -0.05) is 28.1 Å². The van der Waals surface area contributed by atoms with Gasteiger partial charge in [0.25, 0.3) is 0 Å². The van der Waals surface area contributed by atoms with Gasteiger partial charge in [-0.15, -0.1) is 0 Å². The Morgan fingerprint density at radius 3 is 2.65 bits per heavy atom. The fourth-order valence-electron chi connectivity index (χ4n) is 1.55. The number of nitrogens with zero attached hydrogens (tertiary/aromatic N) is 1. The predicted octanol–water partition coefficient (Wildman–Crippen LogP) is 2.67. The molecule has 0 atom stereocenters. The van der Waals surface area contributed by atoms with Crippen LogP contribution < -0.4 is 10.5 Å². The van der Waals surface area contributed by atoms with Gasteiger partial charge in [0.1, 0.15) is 10.7 Å². The molecule has 3 N–H and O–H groups in total. The maximum absolute atomic E-state index is 12.2. The number of halogens is 2. The normalized spacial score (nSPS) is 11.5. The first-order valence-corrected chi connectivity index (χ1v) is 8.60. The number of nitrogen functional groups attached to an aromatic ring is 1. The SMILES string of the molecule is Nc1ncc(Br)cc1S(=O)(=O)NCc1cccc(Br)c1. The Hall–Kier alpha value is -0.960. The Balaban J connectivity index is 2.21. The van der Waals surface area contributed by atoms with Crippen molar-refractivity contribution in [2.45, 2.75) is 11.4 Å². The van der Waals surface area contributed by atoms with Crippen LogP contribution in [0.4, 0.5) is 5.82 Å². The average Bonchev–Trinajstić information content (AvgIpc) is 2.39. The van der Waals surface area contributed by atoms with Crippen molar-refractivity contribution < 1.29 is 8.42 Å². The lowest BCUT2D eigenvalue weighted by molar-refractivity contribution is 0.581. The van der Waals surface area contributed by atoms with Crippen LogP contribution in [0.15, 0.2) is 50.4 Å². The first kappa shape index (κ1) is 15.4. The van der Waals surface area contributed by atoms with E-state index in [0.717, 1.165) is 10.0 Å². The number of sulfonamides is 1. The third kappa shape index (κ3) is 3.78. The number of anilines is 1. The highest BCUT2D eigenvalue weighted by Crippen LogP contribution is 2.20. The molecule has 1 heterocycles. The van der Waals surface area contributed by atoms with E-state index < -0.39 is 10.0 Å². The fraction of sp³-hybridized carbons (Fsp3) is 0.0833. The maximum atomic E-state index is 12.2. The summed E-state index contributed by atoms with van der Waals surface area (Å²) in [4.78, 5) is 3.78. The summed E-state index contributed by atoms with van der Waals surface area (Å²) in [5.74, 6) is -0.0325. The van der Waals surface area contributed by atoms with Crippen molar-refractivity contribution in [3.63, 3.8) is 0 Å². The van der Waals surface area contributed by atoms with E-state index in [1.54, 1.807) is 0 Å². The van der Waals surface area contributed by atoms with Crippen molar-refractivity contribution in [1.29, 1.82) is 0 Å². The molecule has 0 bridgehead atoms. The van der Waals surface area contributed by atoms with E-state index >= 15 is 0 Å². The highest BCUT2D eigenvalue weighted by atomic mass is 79.9. The van der Waals surface area contributed by atoms with Crippen molar-refractivity contribution in [3.05, 3.63) is 51.0 Å².